The van der Waals surface area contributed by atoms with Crippen LogP contribution < -0.4 is 4.74 Å². The first kappa shape index (κ1) is 10.5. The molecule has 72 valence electrons. The molecule has 1 aromatic rings. The van der Waals surface area contributed by atoms with Crippen molar-refractivity contribution >= 4 is 21.6 Å². The van der Waals surface area contributed by atoms with E-state index in [1.54, 1.807) is 12.1 Å². The number of rotatable bonds is 3. The summed E-state index contributed by atoms with van der Waals surface area (Å²) in [6.07, 6.45) is 4.99. The predicted octanol–water partition coefficient (Wildman–Crippen LogP) is 2.37. The smallest absolute Gasteiger partial charge is 0.312 e. The Kier molecular flexibility index (Phi) is 3.48. The molecule has 0 aliphatic carbocycles. The minimum Gasteiger partial charge on any atom is -0.473 e. The summed E-state index contributed by atoms with van der Waals surface area (Å²) in [7, 11) is 0. The van der Waals surface area contributed by atoms with Gasteiger partial charge >= 0.3 is 5.69 Å². The number of terminal acetylenes is 1. The molecule has 0 aliphatic heterocycles. The van der Waals surface area contributed by atoms with Crippen LogP contribution in [-0.2, 0) is 0 Å². The van der Waals surface area contributed by atoms with E-state index in [0.29, 0.717) is 4.47 Å². The lowest BCUT2D eigenvalue weighted by Crippen LogP contribution is -1.99. The molecule has 0 amide bonds. The quantitative estimate of drug-likeness (QED) is 0.474. The fourth-order valence-corrected chi connectivity index (χ4v) is 1.37. The number of ether oxygens (including phenoxy) is 1. The van der Waals surface area contributed by atoms with Gasteiger partial charge in [-0.3, -0.25) is 10.1 Å². The molecule has 0 atom stereocenters. The van der Waals surface area contributed by atoms with Crippen molar-refractivity contribution in [2.24, 2.45) is 0 Å². The van der Waals surface area contributed by atoms with Crippen LogP contribution in [-0.4, -0.2) is 11.5 Å². The van der Waals surface area contributed by atoms with Gasteiger partial charge in [0, 0.05) is 6.07 Å². The van der Waals surface area contributed by atoms with Crippen molar-refractivity contribution in [2.45, 2.75) is 0 Å². The normalized spacial score (nSPS) is 9.14. The zero-order chi connectivity index (χ0) is 10.6. The molecule has 0 aromatic heterocycles. The molecule has 5 heteroatoms. The number of nitrogens with zero attached hydrogens (tertiary/aromatic N) is 1. The van der Waals surface area contributed by atoms with Crippen molar-refractivity contribution in [1.82, 2.24) is 0 Å². The average Bonchev–Trinajstić information content (AvgIpc) is 2.15. The summed E-state index contributed by atoms with van der Waals surface area (Å²) >= 11 is 3.15. The molecule has 0 radical (unpaired) electrons. The summed E-state index contributed by atoms with van der Waals surface area (Å²) in [4.78, 5) is 10.1. The summed E-state index contributed by atoms with van der Waals surface area (Å²) in [5.74, 6) is 2.41. The van der Waals surface area contributed by atoms with E-state index in [1.807, 2.05) is 0 Å². The Morgan fingerprint density at radius 2 is 2.36 bits per heavy atom. The lowest BCUT2D eigenvalue weighted by molar-refractivity contribution is -0.385. The zero-order valence-electron chi connectivity index (χ0n) is 7.07. The average molecular weight is 256 g/mol. The summed E-state index contributed by atoms with van der Waals surface area (Å²) in [6, 6.07) is 4.57. The highest BCUT2D eigenvalue weighted by molar-refractivity contribution is 9.10. The monoisotopic (exact) mass is 255 g/mol. The number of para-hydroxylation sites is 1. The summed E-state index contributed by atoms with van der Waals surface area (Å²) in [5, 5.41) is 10.6. The van der Waals surface area contributed by atoms with Crippen molar-refractivity contribution < 1.29 is 9.66 Å². The van der Waals surface area contributed by atoms with Gasteiger partial charge in [-0.15, -0.1) is 6.42 Å². The van der Waals surface area contributed by atoms with Crippen LogP contribution >= 0.6 is 15.9 Å². The Bertz CT molecular complexity index is 398. The third kappa shape index (κ3) is 2.24. The van der Waals surface area contributed by atoms with E-state index in [9.17, 15) is 10.1 Å². The molecule has 4 nitrogen and oxygen atoms in total. The van der Waals surface area contributed by atoms with E-state index in [1.165, 1.54) is 6.07 Å². The second kappa shape index (κ2) is 4.63. The highest BCUT2D eigenvalue weighted by Gasteiger charge is 2.17. The van der Waals surface area contributed by atoms with Crippen LogP contribution in [0.4, 0.5) is 5.69 Å². The molecule has 0 unspecified atom stereocenters. The first-order chi connectivity index (χ1) is 6.66. The molecule has 1 rings (SSSR count). The van der Waals surface area contributed by atoms with Crippen molar-refractivity contribution in [3.8, 4) is 18.1 Å². The van der Waals surface area contributed by atoms with Gasteiger partial charge in [-0.2, -0.15) is 0 Å². The molecule has 0 spiro atoms. The first-order valence-corrected chi connectivity index (χ1v) is 4.45. The van der Waals surface area contributed by atoms with E-state index < -0.39 is 4.92 Å². The molecule has 0 saturated carbocycles. The summed E-state index contributed by atoms with van der Waals surface area (Å²) < 4.78 is 5.57. The molecule has 0 N–H and O–H groups in total. The van der Waals surface area contributed by atoms with Gasteiger partial charge in [-0.25, -0.2) is 0 Å². The largest absolute Gasteiger partial charge is 0.473 e. The SMILES string of the molecule is C#CCOc1c(Br)cccc1[N+](=O)[O-]. The van der Waals surface area contributed by atoms with Crippen LogP contribution in [0.3, 0.4) is 0 Å². The van der Waals surface area contributed by atoms with E-state index in [2.05, 4.69) is 21.9 Å². The molecular formula is C9H6BrNO3. The van der Waals surface area contributed by atoms with E-state index in [-0.39, 0.29) is 18.0 Å². The van der Waals surface area contributed by atoms with Gasteiger partial charge in [0.15, 0.2) is 0 Å². The van der Waals surface area contributed by atoms with E-state index in [4.69, 9.17) is 11.2 Å². The Morgan fingerprint density at radius 1 is 1.64 bits per heavy atom. The molecule has 0 heterocycles. The van der Waals surface area contributed by atoms with Gasteiger partial charge in [0.1, 0.15) is 6.61 Å². The maximum Gasteiger partial charge on any atom is 0.312 e. The van der Waals surface area contributed by atoms with E-state index in [0.717, 1.165) is 0 Å². The molecule has 0 fully saturated rings. The standard InChI is InChI=1S/C9H6BrNO3/c1-2-6-14-9-7(10)4-3-5-8(9)11(12)13/h1,3-5H,6H2. The number of hydrogen-bond acceptors (Lipinski definition) is 3. The fraction of sp³-hybridized carbons (Fsp3) is 0.111. The number of benzene rings is 1. The molecular weight excluding hydrogens is 250 g/mol. The van der Waals surface area contributed by atoms with E-state index >= 15 is 0 Å². The Balaban J connectivity index is 3.10. The third-order valence-electron chi connectivity index (χ3n) is 1.44. The molecule has 0 aliphatic rings. The lowest BCUT2D eigenvalue weighted by atomic mass is 10.3. The highest BCUT2D eigenvalue weighted by atomic mass is 79.9. The third-order valence-corrected chi connectivity index (χ3v) is 2.07. The van der Waals surface area contributed by atoms with Crippen molar-refractivity contribution in [1.29, 1.82) is 0 Å². The Morgan fingerprint density at radius 3 is 2.93 bits per heavy atom. The van der Waals surface area contributed by atoms with Crippen molar-refractivity contribution in [3.05, 3.63) is 32.8 Å². The number of nitro groups is 1. The lowest BCUT2D eigenvalue weighted by Gasteiger charge is -2.04. The van der Waals surface area contributed by atoms with Crippen molar-refractivity contribution in [2.75, 3.05) is 6.61 Å². The predicted molar refractivity (Wildman–Crippen MR) is 55.1 cm³/mol. The number of nitro benzene ring substituents is 1. The molecule has 14 heavy (non-hydrogen) atoms. The topological polar surface area (TPSA) is 52.4 Å². The second-order valence-corrected chi connectivity index (χ2v) is 3.19. The molecule has 0 saturated heterocycles. The van der Waals surface area contributed by atoms with Crippen LogP contribution in [0.5, 0.6) is 5.75 Å². The maximum atomic E-state index is 10.6. The summed E-state index contributed by atoms with van der Waals surface area (Å²) in [5.41, 5.74) is -0.102. The zero-order valence-corrected chi connectivity index (χ0v) is 8.65. The van der Waals surface area contributed by atoms with Gasteiger partial charge in [0.25, 0.3) is 0 Å². The minimum atomic E-state index is -0.517. The van der Waals surface area contributed by atoms with Gasteiger partial charge in [0.2, 0.25) is 5.75 Å². The van der Waals surface area contributed by atoms with Crippen LogP contribution in [0, 0.1) is 22.5 Å². The number of halogens is 1. The van der Waals surface area contributed by atoms with Gasteiger partial charge in [-0.05, 0) is 22.0 Å². The van der Waals surface area contributed by atoms with Gasteiger partial charge in [0.05, 0.1) is 9.40 Å². The molecule has 0 bridgehead atoms. The number of hydrogen-bond donors (Lipinski definition) is 0. The van der Waals surface area contributed by atoms with Crippen LogP contribution in [0.25, 0.3) is 0 Å². The Labute approximate surface area is 89.2 Å². The summed E-state index contributed by atoms with van der Waals surface area (Å²) in [6.45, 7) is 0.00343. The highest BCUT2D eigenvalue weighted by Crippen LogP contribution is 2.34. The van der Waals surface area contributed by atoms with Gasteiger partial charge < -0.3 is 4.74 Å². The minimum absolute atomic E-state index is 0.00343. The van der Waals surface area contributed by atoms with Crippen molar-refractivity contribution in [3.63, 3.8) is 0 Å². The van der Waals surface area contributed by atoms with Crippen LogP contribution in [0.1, 0.15) is 0 Å². The Hall–Kier alpha value is -1.54. The first-order valence-electron chi connectivity index (χ1n) is 3.66. The second-order valence-electron chi connectivity index (χ2n) is 2.34. The van der Waals surface area contributed by atoms with Gasteiger partial charge in [-0.1, -0.05) is 12.0 Å². The van der Waals surface area contributed by atoms with Crippen LogP contribution in [0.15, 0.2) is 22.7 Å². The van der Waals surface area contributed by atoms with Crippen LogP contribution in [0.2, 0.25) is 0 Å². The molecule has 1 aromatic carbocycles. The fourth-order valence-electron chi connectivity index (χ4n) is 0.898. The maximum absolute atomic E-state index is 10.6.